The zero-order valence-electron chi connectivity index (χ0n) is 7.13. The van der Waals surface area contributed by atoms with Gasteiger partial charge in [-0.1, -0.05) is 13.8 Å². The molecule has 0 spiro atoms. The number of ether oxygens (including phenoxy) is 1. The first kappa shape index (κ1) is 8.53. The van der Waals surface area contributed by atoms with Crippen LogP contribution in [0, 0.1) is 11.3 Å². The molecule has 1 N–H and O–H groups in total. The molecule has 3 heteroatoms. The molecule has 0 amide bonds. The topological polar surface area (TPSA) is 46.5 Å². The van der Waals surface area contributed by atoms with Crippen molar-refractivity contribution in [2.75, 3.05) is 7.11 Å². The third-order valence-corrected chi connectivity index (χ3v) is 2.70. The molecule has 0 unspecified atom stereocenters. The SMILES string of the molecule is COC(=O)[C@H]1C[C@@H](O)C1(C)C. The van der Waals surface area contributed by atoms with Gasteiger partial charge in [0.25, 0.3) is 0 Å². The van der Waals surface area contributed by atoms with E-state index in [1.807, 2.05) is 13.8 Å². The molecule has 0 aromatic rings. The highest BCUT2D eigenvalue weighted by Gasteiger charge is 2.51. The number of rotatable bonds is 1. The number of hydrogen-bond acceptors (Lipinski definition) is 3. The van der Waals surface area contributed by atoms with Gasteiger partial charge in [-0.2, -0.15) is 0 Å². The molecule has 1 aliphatic carbocycles. The Kier molecular flexibility index (Phi) is 1.92. The minimum absolute atomic E-state index is 0.123. The second-order valence-corrected chi connectivity index (χ2v) is 3.65. The van der Waals surface area contributed by atoms with E-state index < -0.39 is 0 Å². The summed E-state index contributed by atoms with van der Waals surface area (Å²) < 4.78 is 4.59. The zero-order chi connectivity index (χ0) is 8.65. The lowest BCUT2D eigenvalue weighted by Gasteiger charge is -2.47. The first-order valence-electron chi connectivity index (χ1n) is 3.76. The van der Waals surface area contributed by atoms with Gasteiger partial charge in [0.05, 0.1) is 19.1 Å². The maximum absolute atomic E-state index is 11.0. The van der Waals surface area contributed by atoms with Gasteiger partial charge in [-0.3, -0.25) is 4.79 Å². The quantitative estimate of drug-likeness (QED) is 0.567. The molecule has 3 nitrogen and oxygen atoms in total. The number of methoxy groups -OCH3 is 1. The molecule has 0 aliphatic heterocycles. The summed E-state index contributed by atoms with van der Waals surface area (Å²) in [5, 5.41) is 9.28. The molecular weight excluding hydrogens is 144 g/mol. The largest absolute Gasteiger partial charge is 0.469 e. The average Bonchev–Trinajstić information content (AvgIpc) is 1.98. The van der Waals surface area contributed by atoms with Crippen LogP contribution in [0.25, 0.3) is 0 Å². The zero-order valence-corrected chi connectivity index (χ0v) is 7.13. The van der Waals surface area contributed by atoms with E-state index in [1.165, 1.54) is 7.11 Å². The maximum Gasteiger partial charge on any atom is 0.309 e. The van der Waals surface area contributed by atoms with Crippen molar-refractivity contribution in [1.82, 2.24) is 0 Å². The molecule has 0 heterocycles. The predicted octanol–water partition coefficient (Wildman–Crippen LogP) is 0.566. The Morgan fingerprint density at radius 3 is 2.45 bits per heavy atom. The first-order chi connectivity index (χ1) is 5.00. The molecule has 0 saturated heterocycles. The summed E-state index contributed by atoms with van der Waals surface area (Å²) >= 11 is 0. The van der Waals surface area contributed by atoms with Gasteiger partial charge in [0.1, 0.15) is 0 Å². The molecule has 2 atom stereocenters. The van der Waals surface area contributed by atoms with E-state index in [4.69, 9.17) is 0 Å². The fraction of sp³-hybridized carbons (Fsp3) is 0.875. The molecule has 1 aliphatic rings. The van der Waals surface area contributed by atoms with Crippen LogP contribution in [-0.4, -0.2) is 24.3 Å². The highest BCUT2D eigenvalue weighted by Crippen LogP contribution is 2.46. The van der Waals surface area contributed by atoms with E-state index >= 15 is 0 Å². The molecule has 0 radical (unpaired) electrons. The van der Waals surface area contributed by atoms with Crippen LogP contribution >= 0.6 is 0 Å². The molecule has 0 aromatic carbocycles. The minimum atomic E-state index is -0.355. The van der Waals surface area contributed by atoms with Crippen LogP contribution in [0.3, 0.4) is 0 Å². The van der Waals surface area contributed by atoms with Gasteiger partial charge in [-0.25, -0.2) is 0 Å². The molecule has 64 valence electrons. The van der Waals surface area contributed by atoms with Crippen molar-refractivity contribution in [2.24, 2.45) is 11.3 Å². The standard InChI is InChI=1S/C8H14O3/c1-8(2)5(4-6(8)9)7(10)11-3/h5-6,9H,4H2,1-3H3/t5-,6-/m1/s1. The van der Waals surface area contributed by atoms with Crippen LogP contribution in [-0.2, 0) is 9.53 Å². The molecule has 11 heavy (non-hydrogen) atoms. The van der Waals surface area contributed by atoms with Crippen LogP contribution in [0.2, 0.25) is 0 Å². The lowest BCUT2D eigenvalue weighted by Crippen LogP contribution is -2.52. The molecular formula is C8H14O3. The van der Waals surface area contributed by atoms with Crippen LogP contribution in [0.5, 0.6) is 0 Å². The Labute approximate surface area is 66.4 Å². The van der Waals surface area contributed by atoms with Crippen LogP contribution in [0.4, 0.5) is 0 Å². The van der Waals surface area contributed by atoms with Crippen molar-refractivity contribution < 1.29 is 14.6 Å². The van der Waals surface area contributed by atoms with Crippen molar-refractivity contribution in [3.8, 4) is 0 Å². The van der Waals surface area contributed by atoms with Crippen molar-refractivity contribution in [3.63, 3.8) is 0 Å². The fourth-order valence-electron chi connectivity index (χ4n) is 1.44. The van der Waals surface area contributed by atoms with Gasteiger partial charge < -0.3 is 9.84 Å². The smallest absolute Gasteiger partial charge is 0.309 e. The lowest BCUT2D eigenvalue weighted by atomic mass is 9.60. The van der Waals surface area contributed by atoms with Gasteiger partial charge in [-0.15, -0.1) is 0 Å². The van der Waals surface area contributed by atoms with Crippen LogP contribution < -0.4 is 0 Å². The molecule has 1 saturated carbocycles. The number of hydrogen-bond donors (Lipinski definition) is 1. The fourth-order valence-corrected chi connectivity index (χ4v) is 1.44. The van der Waals surface area contributed by atoms with E-state index in [9.17, 15) is 9.90 Å². The summed E-state index contributed by atoms with van der Waals surface area (Å²) in [6, 6.07) is 0. The Hall–Kier alpha value is -0.570. The lowest BCUT2D eigenvalue weighted by molar-refractivity contribution is -0.171. The van der Waals surface area contributed by atoms with E-state index in [0.717, 1.165) is 0 Å². The third-order valence-electron chi connectivity index (χ3n) is 2.70. The van der Waals surface area contributed by atoms with Gasteiger partial charge in [0, 0.05) is 5.41 Å². The highest BCUT2D eigenvalue weighted by molar-refractivity contribution is 5.74. The van der Waals surface area contributed by atoms with Gasteiger partial charge in [0.15, 0.2) is 0 Å². The van der Waals surface area contributed by atoms with Crippen LogP contribution in [0.1, 0.15) is 20.3 Å². The minimum Gasteiger partial charge on any atom is -0.469 e. The van der Waals surface area contributed by atoms with Crippen molar-refractivity contribution in [3.05, 3.63) is 0 Å². The Bertz CT molecular complexity index is 174. The van der Waals surface area contributed by atoms with Crippen LogP contribution in [0.15, 0.2) is 0 Å². The van der Waals surface area contributed by atoms with Crippen molar-refractivity contribution in [1.29, 1.82) is 0 Å². The molecule has 0 bridgehead atoms. The Morgan fingerprint density at radius 1 is 1.64 bits per heavy atom. The summed E-state index contributed by atoms with van der Waals surface area (Å²) in [5.74, 6) is -0.331. The first-order valence-corrected chi connectivity index (χ1v) is 3.76. The predicted molar refractivity (Wildman–Crippen MR) is 39.9 cm³/mol. The maximum atomic E-state index is 11.0. The van der Waals surface area contributed by atoms with Gasteiger partial charge in [-0.05, 0) is 6.42 Å². The summed E-state index contributed by atoms with van der Waals surface area (Å²) in [6.07, 6.45) is 0.186. The number of carbonyl (C=O) groups is 1. The number of esters is 1. The normalized spacial score (nSPS) is 34.2. The number of carbonyl (C=O) groups excluding carboxylic acids is 1. The summed E-state index contributed by atoms with van der Waals surface area (Å²) in [6.45, 7) is 3.76. The highest BCUT2D eigenvalue weighted by atomic mass is 16.5. The van der Waals surface area contributed by atoms with Gasteiger partial charge >= 0.3 is 5.97 Å². The number of aliphatic hydroxyl groups is 1. The van der Waals surface area contributed by atoms with E-state index in [0.29, 0.717) is 6.42 Å². The van der Waals surface area contributed by atoms with Crippen molar-refractivity contribution >= 4 is 5.97 Å². The molecule has 0 aromatic heterocycles. The van der Waals surface area contributed by atoms with Gasteiger partial charge in [0.2, 0.25) is 0 Å². The summed E-state index contributed by atoms with van der Waals surface area (Å²) in [5.41, 5.74) is -0.299. The van der Waals surface area contributed by atoms with Crippen molar-refractivity contribution in [2.45, 2.75) is 26.4 Å². The summed E-state index contributed by atoms with van der Waals surface area (Å²) in [4.78, 5) is 11.0. The van der Waals surface area contributed by atoms with E-state index in [1.54, 1.807) is 0 Å². The Morgan fingerprint density at radius 2 is 2.18 bits per heavy atom. The van der Waals surface area contributed by atoms with E-state index in [2.05, 4.69) is 4.74 Å². The van der Waals surface area contributed by atoms with E-state index in [-0.39, 0.29) is 23.4 Å². The Balaban J connectivity index is 2.59. The molecule has 1 rings (SSSR count). The molecule has 1 fully saturated rings. The summed E-state index contributed by atoms with van der Waals surface area (Å²) in [7, 11) is 1.38. The second-order valence-electron chi connectivity index (χ2n) is 3.65. The second kappa shape index (κ2) is 2.48. The average molecular weight is 158 g/mol. The monoisotopic (exact) mass is 158 g/mol. The number of aliphatic hydroxyl groups excluding tert-OH is 1. The third kappa shape index (κ3) is 1.13.